The van der Waals surface area contributed by atoms with E-state index in [0.717, 1.165) is 5.56 Å². The maximum atomic E-state index is 10.1. The summed E-state index contributed by atoms with van der Waals surface area (Å²) in [6.45, 7) is 0. The first-order valence-corrected chi connectivity index (χ1v) is 5.24. The Morgan fingerprint density at radius 3 is 2.92 bits per heavy atom. The lowest BCUT2D eigenvalue weighted by molar-refractivity contribution is -0.301. The molecule has 0 amide bonds. The van der Waals surface area contributed by atoms with Crippen LogP contribution in [-0.2, 0) is 10.5 Å². The van der Waals surface area contributed by atoms with Crippen LogP contribution >= 0.6 is 23.4 Å². The monoisotopic (exact) mass is 215 g/mol. The summed E-state index contributed by atoms with van der Waals surface area (Å²) in [7, 11) is 0. The van der Waals surface area contributed by atoms with E-state index in [0.29, 0.717) is 10.8 Å². The molecule has 4 heteroatoms. The molecule has 2 nitrogen and oxygen atoms in total. The number of aliphatic carboxylic acids is 1. The Morgan fingerprint density at radius 2 is 2.31 bits per heavy atom. The normalized spacial score (nSPS) is 9.92. The number of carboxylic acid groups (broad SMARTS) is 1. The van der Waals surface area contributed by atoms with Crippen molar-refractivity contribution in [2.24, 2.45) is 0 Å². The number of carbonyl (C=O) groups is 1. The lowest BCUT2D eigenvalue weighted by Gasteiger charge is -2.02. The lowest BCUT2D eigenvalue weighted by Crippen LogP contribution is -2.24. The number of benzene rings is 1. The fourth-order valence-electron chi connectivity index (χ4n) is 0.879. The van der Waals surface area contributed by atoms with Crippen molar-refractivity contribution < 1.29 is 9.90 Å². The molecular formula is C9H8ClO2S-. The van der Waals surface area contributed by atoms with Crippen molar-refractivity contribution >= 4 is 29.3 Å². The smallest absolute Gasteiger partial charge is 0.0513 e. The van der Waals surface area contributed by atoms with Crippen molar-refractivity contribution in [1.29, 1.82) is 0 Å². The van der Waals surface area contributed by atoms with Crippen LogP contribution in [0, 0.1) is 0 Å². The van der Waals surface area contributed by atoms with Crippen molar-refractivity contribution in [1.82, 2.24) is 0 Å². The molecule has 70 valence electrons. The summed E-state index contributed by atoms with van der Waals surface area (Å²) in [5, 5.41) is 10.8. The second-order valence-corrected chi connectivity index (χ2v) is 3.92. The minimum Gasteiger partial charge on any atom is -0.549 e. The molecule has 1 rings (SSSR count). The minimum atomic E-state index is -1.04. The van der Waals surface area contributed by atoms with Gasteiger partial charge in [0.15, 0.2) is 0 Å². The van der Waals surface area contributed by atoms with E-state index in [1.807, 2.05) is 18.2 Å². The van der Waals surface area contributed by atoms with Crippen LogP contribution in [0.25, 0.3) is 0 Å². The van der Waals surface area contributed by atoms with E-state index in [9.17, 15) is 9.90 Å². The van der Waals surface area contributed by atoms with E-state index < -0.39 is 5.97 Å². The largest absolute Gasteiger partial charge is 0.549 e. The molecule has 0 aliphatic heterocycles. The van der Waals surface area contributed by atoms with Crippen LogP contribution in [0.4, 0.5) is 0 Å². The highest BCUT2D eigenvalue weighted by atomic mass is 35.5. The quantitative estimate of drug-likeness (QED) is 0.761. The van der Waals surface area contributed by atoms with Gasteiger partial charge in [0.25, 0.3) is 0 Å². The molecule has 0 unspecified atom stereocenters. The van der Waals surface area contributed by atoms with Crippen molar-refractivity contribution in [3.05, 3.63) is 34.9 Å². The first-order chi connectivity index (χ1) is 6.18. The number of carbonyl (C=O) groups excluding carboxylic acids is 1. The second-order valence-electron chi connectivity index (χ2n) is 2.49. The van der Waals surface area contributed by atoms with Crippen LogP contribution in [0.2, 0.25) is 5.02 Å². The van der Waals surface area contributed by atoms with Gasteiger partial charge in [0, 0.05) is 16.5 Å². The topological polar surface area (TPSA) is 40.1 Å². The molecule has 0 saturated carbocycles. The van der Waals surface area contributed by atoms with Crippen molar-refractivity contribution in [2.45, 2.75) is 5.75 Å². The predicted molar refractivity (Wildman–Crippen MR) is 52.6 cm³/mol. The van der Waals surface area contributed by atoms with Gasteiger partial charge in [-0.25, -0.2) is 0 Å². The molecule has 0 heterocycles. The Labute approximate surface area is 85.9 Å². The molecule has 0 saturated heterocycles. The fourth-order valence-corrected chi connectivity index (χ4v) is 1.78. The molecule has 0 radical (unpaired) electrons. The third-order valence-electron chi connectivity index (χ3n) is 1.38. The number of carboxylic acids is 1. The van der Waals surface area contributed by atoms with Crippen molar-refractivity contribution in [2.75, 3.05) is 5.75 Å². The van der Waals surface area contributed by atoms with Gasteiger partial charge in [0.05, 0.1) is 5.97 Å². The van der Waals surface area contributed by atoms with Crippen LogP contribution in [0.5, 0.6) is 0 Å². The highest BCUT2D eigenvalue weighted by Crippen LogP contribution is 2.15. The maximum Gasteiger partial charge on any atom is 0.0513 e. The van der Waals surface area contributed by atoms with Crippen LogP contribution in [0.3, 0.4) is 0 Å². The SMILES string of the molecule is O=C([O-])CSCc1cccc(Cl)c1. The molecule has 0 aliphatic rings. The number of hydrogen-bond acceptors (Lipinski definition) is 3. The first-order valence-electron chi connectivity index (χ1n) is 3.70. The van der Waals surface area contributed by atoms with E-state index in [2.05, 4.69) is 0 Å². The van der Waals surface area contributed by atoms with Crippen LogP contribution < -0.4 is 5.11 Å². The summed E-state index contributed by atoms with van der Waals surface area (Å²) >= 11 is 7.05. The summed E-state index contributed by atoms with van der Waals surface area (Å²) in [6, 6.07) is 7.36. The Balaban J connectivity index is 2.41. The van der Waals surface area contributed by atoms with E-state index in [1.165, 1.54) is 11.8 Å². The first kappa shape index (κ1) is 10.4. The number of hydrogen-bond donors (Lipinski definition) is 0. The molecule has 0 N–H and O–H groups in total. The third-order valence-corrected chi connectivity index (χ3v) is 2.59. The van der Waals surface area contributed by atoms with Gasteiger partial charge in [-0.3, -0.25) is 0 Å². The summed E-state index contributed by atoms with van der Waals surface area (Å²) in [5.74, 6) is -0.367. The van der Waals surface area contributed by atoms with Gasteiger partial charge in [-0.2, -0.15) is 11.8 Å². The summed E-state index contributed by atoms with van der Waals surface area (Å²) < 4.78 is 0. The summed E-state index contributed by atoms with van der Waals surface area (Å²) in [6.07, 6.45) is 0. The van der Waals surface area contributed by atoms with Gasteiger partial charge in [0.1, 0.15) is 0 Å². The zero-order valence-electron chi connectivity index (χ0n) is 6.83. The average Bonchev–Trinajstić information content (AvgIpc) is 2.03. The van der Waals surface area contributed by atoms with Crippen LogP contribution in [0.1, 0.15) is 5.56 Å². The highest BCUT2D eigenvalue weighted by Gasteiger charge is 1.94. The fraction of sp³-hybridized carbons (Fsp3) is 0.222. The van der Waals surface area contributed by atoms with Crippen LogP contribution in [-0.4, -0.2) is 11.7 Å². The molecule has 0 aliphatic carbocycles. The minimum absolute atomic E-state index is 0.0204. The van der Waals surface area contributed by atoms with Gasteiger partial charge in [0.2, 0.25) is 0 Å². The maximum absolute atomic E-state index is 10.1. The number of halogens is 1. The summed E-state index contributed by atoms with van der Waals surface area (Å²) in [4.78, 5) is 10.1. The Bertz CT molecular complexity index is 301. The van der Waals surface area contributed by atoms with E-state index in [1.54, 1.807) is 6.07 Å². The lowest BCUT2D eigenvalue weighted by atomic mass is 10.2. The Morgan fingerprint density at radius 1 is 1.54 bits per heavy atom. The molecule has 13 heavy (non-hydrogen) atoms. The molecule has 1 aromatic rings. The number of thioether (sulfide) groups is 1. The van der Waals surface area contributed by atoms with Crippen molar-refractivity contribution in [3.8, 4) is 0 Å². The van der Waals surface area contributed by atoms with E-state index in [4.69, 9.17) is 11.6 Å². The Hall–Kier alpha value is -0.670. The third kappa shape index (κ3) is 4.20. The van der Waals surface area contributed by atoms with Crippen LogP contribution in [0.15, 0.2) is 24.3 Å². The predicted octanol–water partition coefficient (Wildman–Crippen LogP) is 1.32. The average molecular weight is 216 g/mol. The second kappa shape index (κ2) is 5.14. The molecule has 0 spiro atoms. The Kier molecular flexibility index (Phi) is 4.12. The standard InChI is InChI=1S/C9H9ClO2S/c10-8-3-1-2-7(4-8)5-13-6-9(11)12/h1-4H,5-6H2,(H,11,12)/p-1. The van der Waals surface area contributed by atoms with Gasteiger partial charge in [-0.05, 0) is 17.7 Å². The van der Waals surface area contributed by atoms with Gasteiger partial charge in [-0.1, -0.05) is 23.7 Å². The highest BCUT2D eigenvalue weighted by molar-refractivity contribution is 7.99. The molecule has 1 aromatic carbocycles. The van der Waals surface area contributed by atoms with E-state index >= 15 is 0 Å². The molecular weight excluding hydrogens is 208 g/mol. The zero-order chi connectivity index (χ0) is 9.68. The van der Waals surface area contributed by atoms with Gasteiger partial charge < -0.3 is 9.90 Å². The van der Waals surface area contributed by atoms with Gasteiger partial charge >= 0.3 is 0 Å². The van der Waals surface area contributed by atoms with E-state index in [-0.39, 0.29) is 5.75 Å². The molecule has 0 aromatic heterocycles. The zero-order valence-corrected chi connectivity index (χ0v) is 8.40. The molecule has 0 atom stereocenters. The number of rotatable bonds is 4. The molecule has 0 fully saturated rings. The van der Waals surface area contributed by atoms with Gasteiger partial charge in [-0.15, -0.1) is 0 Å². The van der Waals surface area contributed by atoms with Crippen molar-refractivity contribution in [3.63, 3.8) is 0 Å². The molecule has 0 bridgehead atoms. The summed E-state index contributed by atoms with van der Waals surface area (Å²) in [5.41, 5.74) is 1.03.